The maximum atomic E-state index is 12.7. The number of rotatable bonds is 6. The van der Waals surface area contributed by atoms with Crippen molar-refractivity contribution in [2.45, 2.75) is 60.5 Å². The topological polar surface area (TPSA) is 38.3 Å². The third-order valence-corrected chi connectivity index (χ3v) is 4.68. The van der Waals surface area contributed by atoms with E-state index in [2.05, 4.69) is 44.3 Å². The van der Waals surface area contributed by atoms with Crippen LogP contribution in [-0.2, 0) is 17.6 Å². The first-order chi connectivity index (χ1) is 11.9. The van der Waals surface area contributed by atoms with Gasteiger partial charge in [-0.2, -0.15) is 0 Å². The third-order valence-electron chi connectivity index (χ3n) is 4.68. The van der Waals surface area contributed by atoms with Crippen molar-refractivity contribution in [2.75, 3.05) is 5.32 Å². The molecule has 2 aromatic carbocycles. The number of carbonyl (C=O) groups is 1. The second kappa shape index (κ2) is 8.19. The Morgan fingerprint density at radius 2 is 1.68 bits per heavy atom. The highest BCUT2D eigenvalue weighted by Crippen LogP contribution is 2.26. The second-order valence-electron chi connectivity index (χ2n) is 6.61. The molecule has 0 aliphatic rings. The lowest BCUT2D eigenvalue weighted by Crippen LogP contribution is -2.31. The molecular weight excluding hydrogens is 310 g/mol. The van der Waals surface area contributed by atoms with Gasteiger partial charge in [-0.15, -0.1) is 0 Å². The van der Waals surface area contributed by atoms with Crippen LogP contribution in [0.25, 0.3) is 0 Å². The second-order valence-corrected chi connectivity index (χ2v) is 6.61. The van der Waals surface area contributed by atoms with Crippen molar-refractivity contribution in [1.29, 1.82) is 0 Å². The summed E-state index contributed by atoms with van der Waals surface area (Å²) in [4.78, 5) is 12.7. The Labute approximate surface area is 151 Å². The number of ether oxygens (including phenoxy) is 1. The van der Waals surface area contributed by atoms with Gasteiger partial charge in [-0.3, -0.25) is 4.79 Å². The number of aryl methyl sites for hydroxylation is 4. The molecule has 1 atom stereocenters. The Hall–Kier alpha value is -2.29. The standard InChI is InChI=1S/C22H29NO2/c1-7-18-10-9-11-19(8-2)21(18)23-22(24)17(6)25-20-13-14(3)12-15(4)16(20)5/h9-13,17H,7-8H2,1-6H3,(H,23,24)/t17-/m0/s1. The summed E-state index contributed by atoms with van der Waals surface area (Å²) in [6, 6.07) is 10.3. The number of carbonyl (C=O) groups excluding carboxylic acids is 1. The Bertz CT molecular complexity index is 743. The van der Waals surface area contributed by atoms with Gasteiger partial charge in [0, 0.05) is 5.69 Å². The maximum absolute atomic E-state index is 12.7. The molecule has 2 rings (SSSR count). The zero-order valence-electron chi connectivity index (χ0n) is 16.2. The van der Waals surface area contributed by atoms with Crippen LogP contribution in [0.4, 0.5) is 5.69 Å². The van der Waals surface area contributed by atoms with E-state index in [-0.39, 0.29) is 5.91 Å². The number of amides is 1. The van der Waals surface area contributed by atoms with Gasteiger partial charge in [0.05, 0.1) is 0 Å². The fraction of sp³-hybridized carbons (Fsp3) is 0.409. The number of hydrogen-bond acceptors (Lipinski definition) is 2. The predicted molar refractivity (Wildman–Crippen MR) is 105 cm³/mol. The van der Waals surface area contributed by atoms with Crippen molar-refractivity contribution in [3.63, 3.8) is 0 Å². The molecule has 0 fully saturated rings. The van der Waals surface area contributed by atoms with E-state index in [9.17, 15) is 4.79 Å². The molecule has 0 bridgehead atoms. The van der Waals surface area contributed by atoms with Crippen LogP contribution in [0.5, 0.6) is 5.75 Å². The summed E-state index contributed by atoms with van der Waals surface area (Å²) in [5.74, 6) is 0.661. The minimum absolute atomic E-state index is 0.117. The smallest absolute Gasteiger partial charge is 0.265 e. The zero-order valence-corrected chi connectivity index (χ0v) is 16.2. The monoisotopic (exact) mass is 339 g/mol. The fourth-order valence-electron chi connectivity index (χ4n) is 3.00. The summed E-state index contributed by atoms with van der Waals surface area (Å²) < 4.78 is 5.98. The van der Waals surface area contributed by atoms with Gasteiger partial charge in [-0.1, -0.05) is 38.1 Å². The molecule has 1 N–H and O–H groups in total. The Morgan fingerprint density at radius 1 is 1.08 bits per heavy atom. The molecule has 134 valence electrons. The van der Waals surface area contributed by atoms with Gasteiger partial charge in [0.25, 0.3) is 5.91 Å². The van der Waals surface area contributed by atoms with Gasteiger partial charge >= 0.3 is 0 Å². The lowest BCUT2D eigenvalue weighted by Gasteiger charge is -2.20. The molecule has 0 saturated carbocycles. The van der Waals surface area contributed by atoms with E-state index in [1.54, 1.807) is 6.92 Å². The SMILES string of the molecule is CCc1cccc(CC)c1NC(=O)[C@H](C)Oc1cc(C)cc(C)c1C. The molecule has 0 radical (unpaired) electrons. The van der Waals surface area contributed by atoms with Crippen LogP contribution in [0.2, 0.25) is 0 Å². The van der Waals surface area contributed by atoms with Crippen LogP contribution in [0.15, 0.2) is 30.3 Å². The average molecular weight is 339 g/mol. The van der Waals surface area contributed by atoms with E-state index in [1.807, 2.05) is 26.0 Å². The number of benzene rings is 2. The van der Waals surface area contributed by atoms with Gasteiger partial charge in [0.1, 0.15) is 5.75 Å². The van der Waals surface area contributed by atoms with Gasteiger partial charge in [0.2, 0.25) is 0 Å². The zero-order chi connectivity index (χ0) is 18.6. The molecule has 0 heterocycles. The fourth-order valence-corrected chi connectivity index (χ4v) is 3.00. The third kappa shape index (κ3) is 4.41. The lowest BCUT2D eigenvalue weighted by molar-refractivity contribution is -0.122. The molecule has 0 spiro atoms. The summed E-state index contributed by atoms with van der Waals surface area (Å²) in [5, 5.41) is 3.09. The van der Waals surface area contributed by atoms with Gasteiger partial charge in [-0.05, 0) is 74.4 Å². The van der Waals surface area contributed by atoms with E-state index in [0.29, 0.717) is 0 Å². The Kier molecular flexibility index (Phi) is 6.24. The maximum Gasteiger partial charge on any atom is 0.265 e. The minimum atomic E-state index is -0.561. The molecule has 25 heavy (non-hydrogen) atoms. The van der Waals surface area contributed by atoms with E-state index in [4.69, 9.17) is 4.74 Å². The van der Waals surface area contributed by atoms with Crippen LogP contribution in [0.1, 0.15) is 48.6 Å². The molecule has 0 unspecified atom stereocenters. The molecule has 0 saturated heterocycles. The van der Waals surface area contributed by atoms with Crippen molar-refractivity contribution < 1.29 is 9.53 Å². The summed E-state index contributed by atoms with van der Waals surface area (Å²) in [5.41, 5.74) is 6.63. The van der Waals surface area contributed by atoms with Gasteiger partial charge < -0.3 is 10.1 Å². The molecular formula is C22H29NO2. The van der Waals surface area contributed by atoms with Gasteiger partial charge in [0.15, 0.2) is 6.10 Å². The van der Waals surface area contributed by atoms with Crippen LogP contribution in [0.3, 0.4) is 0 Å². The Balaban J connectivity index is 2.20. The van der Waals surface area contributed by atoms with Crippen molar-refractivity contribution in [3.8, 4) is 5.75 Å². The van der Waals surface area contributed by atoms with E-state index >= 15 is 0 Å². The highest BCUT2D eigenvalue weighted by Gasteiger charge is 2.19. The van der Waals surface area contributed by atoms with E-state index in [1.165, 1.54) is 5.56 Å². The summed E-state index contributed by atoms with van der Waals surface area (Å²) in [6.45, 7) is 12.1. The van der Waals surface area contributed by atoms with Crippen molar-refractivity contribution in [1.82, 2.24) is 0 Å². The number of nitrogens with one attached hydrogen (secondary N) is 1. The van der Waals surface area contributed by atoms with Crippen LogP contribution in [-0.4, -0.2) is 12.0 Å². The first kappa shape index (κ1) is 19.0. The summed E-state index contributed by atoms with van der Waals surface area (Å²) >= 11 is 0. The van der Waals surface area contributed by atoms with E-state index in [0.717, 1.165) is 46.5 Å². The lowest BCUT2D eigenvalue weighted by atomic mass is 10.0. The van der Waals surface area contributed by atoms with Crippen molar-refractivity contribution in [2.24, 2.45) is 0 Å². The van der Waals surface area contributed by atoms with Gasteiger partial charge in [-0.25, -0.2) is 0 Å². The van der Waals surface area contributed by atoms with Crippen LogP contribution < -0.4 is 10.1 Å². The highest BCUT2D eigenvalue weighted by atomic mass is 16.5. The molecule has 3 heteroatoms. The number of hydrogen-bond donors (Lipinski definition) is 1. The molecule has 3 nitrogen and oxygen atoms in total. The minimum Gasteiger partial charge on any atom is -0.481 e. The highest BCUT2D eigenvalue weighted by molar-refractivity contribution is 5.95. The first-order valence-electron chi connectivity index (χ1n) is 9.03. The largest absolute Gasteiger partial charge is 0.481 e. The molecule has 0 aromatic heterocycles. The van der Waals surface area contributed by atoms with Crippen LogP contribution >= 0.6 is 0 Å². The predicted octanol–water partition coefficient (Wildman–Crippen LogP) is 5.14. The Morgan fingerprint density at radius 3 is 2.24 bits per heavy atom. The van der Waals surface area contributed by atoms with Crippen molar-refractivity contribution in [3.05, 3.63) is 58.1 Å². The quantitative estimate of drug-likeness (QED) is 0.791. The summed E-state index contributed by atoms with van der Waals surface area (Å²) in [7, 11) is 0. The molecule has 0 aliphatic heterocycles. The number of anilines is 1. The molecule has 2 aromatic rings. The first-order valence-corrected chi connectivity index (χ1v) is 9.03. The molecule has 1 amide bonds. The number of para-hydroxylation sites is 1. The average Bonchev–Trinajstić information content (AvgIpc) is 2.59. The van der Waals surface area contributed by atoms with E-state index < -0.39 is 6.10 Å². The molecule has 0 aliphatic carbocycles. The summed E-state index contributed by atoms with van der Waals surface area (Å²) in [6.07, 6.45) is 1.21. The van der Waals surface area contributed by atoms with Crippen molar-refractivity contribution >= 4 is 11.6 Å². The normalized spacial score (nSPS) is 11.9. The van der Waals surface area contributed by atoms with Crippen LogP contribution in [0, 0.1) is 20.8 Å².